The number of hydrogen-bond acceptors (Lipinski definition) is 6. The smallest absolute Gasteiger partial charge is 0.223 e. The Hall–Kier alpha value is -3.49. The third kappa shape index (κ3) is 5.20. The van der Waals surface area contributed by atoms with Crippen molar-refractivity contribution < 1.29 is 9.18 Å². The van der Waals surface area contributed by atoms with Gasteiger partial charge in [0, 0.05) is 57.1 Å². The zero-order valence-corrected chi connectivity index (χ0v) is 21.2. The van der Waals surface area contributed by atoms with Gasteiger partial charge < -0.3 is 14.7 Å². The lowest BCUT2D eigenvalue weighted by atomic mass is 10.1. The number of benzene rings is 1. The molecule has 3 aromatic rings. The topological polar surface area (TPSA) is 70.4 Å². The van der Waals surface area contributed by atoms with E-state index in [1.165, 1.54) is 31.4 Å². The molecule has 0 unspecified atom stereocenters. The second kappa shape index (κ2) is 10.6. The van der Waals surface area contributed by atoms with E-state index < -0.39 is 0 Å². The highest BCUT2D eigenvalue weighted by Crippen LogP contribution is 2.22. The van der Waals surface area contributed by atoms with Crippen LogP contribution in [-0.4, -0.2) is 70.1 Å². The van der Waals surface area contributed by atoms with E-state index in [2.05, 4.69) is 20.0 Å². The molecule has 2 saturated heterocycles. The minimum absolute atomic E-state index is 0.158. The molecule has 0 aliphatic carbocycles. The molecule has 190 valence electrons. The van der Waals surface area contributed by atoms with E-state index in [0.717, 1.165) is 54.6 Å². The van der Waals surface area contributed by atoms with Crippen LogP contribution < -0.4 is 9.80 Å². The van der Waals surface area contributed by atoms with Gasteiger partial charge in [0.05, 0.1) is 5.69 Å². The molecule has 0 atom stereocenters. The molecule has 0 spiro atoms. The maximum Gasteiger partial charge on any atom is 0.223 e. The van der Waals surface area contributed by atoms with E-state index in [9.17, 15) is 9.18 Å². The Morgan fingerprint density at radius 3 is 2.17 bits per heavy atom. The molecule has 1 aromatic carbocycles. The lowest BCUT2D eigenvalue weighted by Gasteiger charge is -2.36. The molecule has 2 aliphatic heterocycles. The molecule has 2 fully saturated rings. The average molecular weight is 492 g/mol. The minimum Gasteiger partial charge on any atom is -0.368 e. The molecule has 0 saturated carbocycles. The number of carbonyl (C=O) groups excluding carboxylic acids is 1. The number of halogens is 1. The summed E-state index contributed by atoms with van der Waals surface area (Å²) in [7, 11) is 0. The van der Waals surface area contributed by atoms with Crippen molar-refractivity contribution in [3.8, 4) is 5.82 Å². The lowest BCUT2D eigenvalue weighted by Crippen LogP contribution is -2.48. The first-order chi connectivity index (χ1) is 17.5. The number of rotatable bonds is 6. The van der Waals surface area contributed by atoms with E-state index in [1.54, 1.807) is 12.1 Å². The summed E-state index contributed by atoms with van der Waals surface area (Å²) in [6.07, 6.45) is 4.78. The first-order valence-electron chi connectivity index (χ1n) is 12.9. The number of anilines is 2. The van der Waals surface area contributed by atoms with Crippen LogP contribution in [0.4, 0.5) is 15.9 Å². The van der Waals surface area contributed by atoms with Crippen LogP contribution in [0.1, 0.15) is 42.6 Å². The number of piperidine rings is 1. The number of aryl methyl sites for hydroxylation is 1. The number of carbonyl (C=O) groups is 1. The van der Waals surface area contributed by atoms with Gasteiger partial charge >= 0.3 is 0 Å². The second-order valence-electron chi connectivity index (χ2n) is 9.70. The molecular formula is C27H34FN7O. The van der Waals surface area contributed by atoms with E-state index in [0.29, 0.717) is 31.7 Å². The summed E-state index contributed by atoms with van der Waals surface area (Å²) in [5.41, 5.74) is 4.01. The summed E-state index contributed by atoms with van der Waals surface area (Å²) in [5.74, 6) is 1.55. The highest BCUT2D eigenvalue weighted by molar-refractivity contribution is 5.77. The van der Waals surface area contributed by atoms with Gasteiger partial charge in [-0.3, -0.25) is 4.79 Å². The number of aromatic nitrogens is 4. The quantitative estimate of drug-likeness (QED) is 0.524. The van der Waals surface area contributed by atoms with Crippen molar-refractivity contribution in [1.82, 2.24) is 24.9 Å². The molecule has 8 nitrogen and oxygen atoms in total. The van der Waals surface area contributed by atoms with E-state index in [4.69, 9.17) is 5.10 Å². The maximum absolute atomic E-state index is 13.2. The first kappa shape index (κ1) is 24.2. The van der Waals surface area contributed by atoms with Gasteiger partial charge in [-0.1, -0.05) is 0 Å². The molecule has 36 heavy (non-hydrogen) atoms. The Labute approximate surface area is 211 Å². The molecule has 2 aliphatic rings. The number of amides is 1. The number of nitrogens with zero attached hydrogens (tertiary/aromatic N) is 7. The van der Waals surface area contributed by atoms with Gasteiger partial charge in [-0.2, -0.15) is 5.10 Å². The third-order valence-corrected chi connectivity index (χ3v) is 7.39. The monoisotopic (exact) mass is 491 g/mol. The van der Waals surface area contributed by atoms with Crippen molar-refractivity contribution >= 4 is 17.4 Å². The van der Waals surface area contributed by atoms with Gasteiger partial charge in [0.1, 0.15) is 5.82 Å². The fourth-order valence-electron chi connectivity index (χ4n) is 5.24. The minimum atomic E-state index is -0.233. The number of piperazine rings is 1. The van der Waals surface area contributed by atoms with Gasteiger partial charge in [-0.15, -0.1) is 10.2 Å². The summed E-state index contributed by atoms with van der Waals surface area (Å²) in [6, 6.07) is 10.5. The van der Waals surface area contributed by atoms with Crippen molar-refractivity contribution in [3.63, 3.8) is 0 Å². The summed E-state index contributed by atoms with van der Waals surface area (Å²) < 4.78 is 15.0. The average Bonchev–Trinajstić information content (AvgIpc) is 3.21. The van der Waals surface area contributed by atoms with Crippen molar-refractivity contribution in [2.75, 3.05) is 49.1 Å². The molecule has 5 rings (SSSR count). The van der Waals surface area contributed by atoms with E-state index in [-0.39, 0.29) is 11.7 Å². The van der Waals surface area contributed by atoms with Crippen LogP contribution in [0, 0.1) is 19.7 Å². The van der Waals surface area contributed by atoms with Crippen molar-refractivity contribution in [3.05, 3.63) is 59.2 Å². The number of hydrogen-bond donors (Lipinski definition) is 0. The SMILES string of the molecule is Cc1nn(-c2ccc(N3CCCCC3)nn2)c(C)c1CCC(=O)N1CCN(c2ccc(F)cc2)CC1. The molecule has 9 heteroatoms. The Morgan fingerprint density at radius 2 is 1.50 bits per heavy atom. The lowest BCUT2D eigenvalue weighted by molar-refractivity contribution is -0.131. The van der Waals surface area contributed by atoms with Gasteiger partial charge in [0.15, 0.2) is 11.6 Å². The molecule has 0 bridgehead atoms. The zero-order valence-electron chi connectivity index (χ0n) is 21.2. The molecule has 1 amide bonds. The van der Waals surface area contributed by atoms with Crippen molar-refractivity contribution in [2.24, 2.45) is 0 Å². The molecule has 2 aromatic heterocycles. The van der Waals surface area contributed by atoms with Crippen LogP contribution in [0.25, 0.3) is 5.82 Å². The van der Waals surface area contributed by atoms with Crippen LogP contribution in [-0.2, 0) is 11.2 Å². The van der Waals surface area contributed by atoms with Crippen LogP contribution in [0.3, 0.4) is 0 Å². The van der Waals surface area contributed by atoms with Gasteiger partial charge in [-0.05, 0) is 81.5 Å². The Morgan fingerprint density at radius 1 is 0.833 bits per heavy atom. The van der Waals surface area contributed by atoms with Crippen molar-refractivity contribution in [1.29, 1.82) is 0 Å². The Bertz CT molecular complexity index is 1180. The molecule has 0 radical (unpaired) electrons. The molecule has 0 N–H and O–H groups in total. The highest BCUT2D eigenvalue weighted by Gasteiger charge is 2.23. The molecule has 4 heterocycles. The van der Waals surface area contributed by atoms with Crippen LogP contribution >= 0.6 is 0 Å². The summed E-state index contributed by atoms with van der Waals surface area (Å²) in [4.78, 5) is 19.4. The van der Waals surface area contributed by atoms with Crippen LogP contribution in [0.5, 0.6) is 0 Å². The fraction of sp³-hybridized carbons (Fsp3) is 0.481. The highest BCUT2D eigenvalue weighted by atomic mass is 19.1. The maximum atomic E-state index is 13.2. The largest absolute Gasteiger partial charge is 0.368 e. The van der Waals surface area contributed by atoms with Crippen molar-refractivity contribution in [2.45, 2.75) is 46.0 Å². The Balaban J connectivity index is 1.18. The van der Waals surface area contributed by atoms with Crippen LogP contribution in [0.2, 0.25) is 0 Å². The molecular weight excluding hydrogens is 457 g/mol. The van der Waals surface area contributed by atoms with E-state index in [1.807, 2.05) is 35.6 Å². The fourth-order valence-corrected chi connectivity index (χ4v) is 5.24. The normalized spacial score (nSPS) is 16.5. The van der Waals surface area contributed by atoms with Crippen LogP contribution in [0.15, 0.2) is 36.4 Å². The zero-order chi connectivity index (χ0) is 25.1. The predicted molar refractivity (Wildman–Crippen MR) is 138 cm³/mol. The third-order valence-electron chi connectivity index (χ3n) is 7.39. The summed E-state index contributed by atoms with van der Waals surface area (Å²) in [5, 5.41) is 13.6. The van der Waals surface area contributed by atoms with Gasteiger partial charge in [0.2, 0.25) is 5.91 Å². The van der Waals surface area contributed by atoms with Gasteiger partial charge in [0.25, 0.3) is 0 Å². The summed E-state index contributed by atoms with van der Waals surface area (Å²) >= 11 is 0. The summed E-state index contributed by atoms with van der Waals surface area (Å²) in [6.45, 7) is 8.93. The standard InChI is InChI=1S/C27H34FN7O/c1-20-24(10-13-27(36)34-18-16-32(17-19-34)23-8-6-22(28)7-9-23)21(2)35(31-20)26-12-11-25(29-30-26)33-14-4-3-5-15-33/h6-9,11-12H,3-5,10,13-19H2,1-2H3. The van der Waals surface area contributed by atoms with Gasteiger partial charge in [-0.25, -0.2) is 9.07 Å². The predicted octanol–water partition coefficient (Wildman–Crippen LogP) is 3.69. The second-order valence-corrected chi connectivity index (χ2v) is 9.70. The Kier molecular flexibility index (Phi) is 7.16. The first-order valence-corrected chi connectivity index (χ1v) is 12.9. The van der Waals surface area contributed by atoms with E-state index >= 15 is 0 Å².